The van der Waals surface area contributed by atoms with Gasteiger partial charge in [0.1, 0.15) is 0 Å². The Labute approximate surface area is 89.0 Å². The third kappa shape index (κ3) is 5.26. The van der Waals surface area contributed by atoms with Gasteiger partial charge in [0.05, 0.1) is 0 Å². The minimum atomic E-state index is -3.29. The standard InChI is InChI=1S/C7H8BNO3S.2H2O/c1-13(11,12)9-5-2-3-7(10)6(8)4-5;;/h2-4,9-10H,1H3;2*1H2/q+2;;/p-2. The molecular formula is C7H10BNO5S. The zero-order valence-corrected chi connectivity index (χ0v) is 8.69. The van der Waals surface area contributed by atoms with E-state index in [1.54, 1.807) is 0 Å². The van der Waals surface area contributed by atoms with Gasteiger partial charge < -0.3 is 11.0 Å². The summed E-state index contributed by atoms with van der Waals surface area (Å²) in [6.45, 7) is 0. The van der Waals surface area contributed by atoms with Gasteiger partial charge in [-0.05, 0) is 0 Å². The number of phenolic OH excluding ortho intramolecular Hbond substituents is 1. The summed E-state index contributed by atoms with van der Waals surface area (Å²) in [6.07, 6.45) is 1.04. The Kier molecular flexibility index (Phi) is 6.04. The first-order chi connectivity index (χ1) is 5.88. The quantitative estimate of drug-likeness (QED) is 0.509. The van der Waals surface area contributed by atoms with Gasteiger partial charge in [-0.1, -0.05) is 0 Å². The molecule has 0 saturated carbocycles. The molecule has 15 heavy (non-hydrogen) atoms. The number of rotatable bonds is 2. The molecule has 0 aliphatic rings. The summed E-state index contributed by atoms with van der Waals surface area (Å²) in [5.74, 6) is -0.0703. The molecule has 0 atom stereocenters. The Morgan fingerprint density at radius 3 is 2.27 bits per heavy atom. The molecule has 0 aliphatic heterocycles. The summed E-state index contributed by atoms with van der Waals surface area (Å²) in [5.41, 5.74) is 0.464. The number of aromatic hydroxyl groups is 1. The second kappa shape index (κ2) is 5.59. The molecule has 0 unspecified atom stereocenters. The van der Waals surface area contributed by atoms with Crippen LogP contribution in [0.1, 0.15) is 0 Å². The maximum Gasteiger partial charge on any atom is -0.870 e. The Morgan fingerprint density at radius 1 is 1.33 bits per heavy atom. The third-order valence-corrected chi connectivity index (χ3v) is 1.94. The molecule has 0 aliphatic carbocycles. The molecular weight excluding hydrogens is 221 g/mol. The van der Waals surface area contributed by atoms with Crippen LogP contribution >= 0.6 is 0 Å². The Bertz CT molecular complexity index is 419. The van der Waals surface area contributed by atoms with E-state index in [1.165, 1.54) is 18.2 Å². The maximum absolute atomic E-state index is 10.8. The Morgan fingerprint density at radius 2 is 1.87 bits per heavy atom. The van der Waals surface area contributed by atoms with Crippen molar-refractivity contribution in [2.45, 2.75) is 0 Å². The number of hydrogen-bond acceptors (Lipinski definition) is 5. The largest absolute Gasteiger partial charge is 0.870 e. The summed E-state index contributed by atoms with van der Waals surface area (Å²) in [4.78, 5) is 0. The summed E-state index contributed by atoms with van der Waals surface area (Å²) in [5, 5.41) is 9.04. The van der Waals surface area contributed by atoms with Gasteiger partial charge in [-0.15, -0.1) is 0 Å². The molecule has 0 aromatic heterocycles. The molecule has 1 aromatic carbocycles. The number of hydrogen-bond donors (Lipinski definition) is 2. The second-order valence-electron chi connectivity index (χ2n) is 2.65. The fourth-order valence-electron chi connectivity index (χ4n) is 0.832. The average molecular weight is 231 g/mol. The molecule has 4 N–H and O–H groups in total. The third-order valence-electron chi connectivity index (χ3n) is 1.33. The van der Waals surface area contributed by atoms with Crippen molar-refractivity contribution in [3.05, 3.63) is 18.2 Å². The van der Waals surface area contributed by atoms with E-state index in [0.717, 1.165) is 6.26 Å². The minimum Gasteiger partial charge on any atom is -0.870 e. The van der Waals surface area contributed by atoms with E-state index >= 15 is 0 Å². The van der Waals surface area contributed by atoms with Gasteiger partial charge in [0.15, 0.2) is 0 Å². The van der Waals surface area contributed by atoms with Crippen molar-refractivity contribution in [3.8, 4) is 5.75 Å². The number of sulfonamides is 1. The molecule has 0 fully saturated rings. The monoisotopic (exact) mass is 231 g/mol. The van der Waals surface area contributed by atoms with Crippen LogP contribution in [0.15, 0.2) is 18.2 Å². The molecule has 0 spiro atoms. The summed E-state index contributed by atoms with van der Waals surface area (Å²) in [6, 6.07) is 4.09. The van der Waals surface area contributed by atoms with Crippen LogP contribution in [0.5, 0.6) is 5.75 Å². The van der Waals surface area contributed by atoms with E-state index in [4.69, 9.17) is 13.0 Å². The van der Waals surface area contributed by atoms with Crippen molar-refractivity contribution in [1.82, 2.24) is 0 Å². The van der Waals surface area contributed by atoms with Crippen LogP contribution in [0.3, 0.4) is 0 Å². The minimum absolute atomic E-state index is 0. The summed E-state index contributed by atoms with van der Waals surface area (Å²) < 4.78 is 23.8. The van der Waals surface area contributed by atoms with E-state index in [2.05, 4.69) is 4.72 Å². The van der Waals surface area contributed by atoms with Crippen LogP contribution < -0.4 is 10.2 Å². The van der Waals surface area contributed by atoms with E-state index < -0.39 is 10.0 Å². The van der Waals surface area contributed by atoms with Gasteiger partial charge in [0, 0.05) is 0 Å². The van der Waals surface area contributed by atoms with Gasteiger partial charge >= 0.3 is 77.5 Å². The Hall–Kier alpha value is -1.25. The molecule has 0 bridgehead atoms. The maximum atomic E-state index is 10.8. The molecule has 8 heteroatoms. The summed E-state index contributed by atoms with van der Waals surface area (Å²) in [7, 11) is 2.06. The zero-order valence-electron chi connectivity index (χ0n) is 7.88. The van der Waals surface area contributed by atoms with Gasteiger partial charge in [0.2, 0.25) is 0 Å². The smallest absolute Gasteiger partial charge is 0.870 e. The molecule has 0 radical (unpaired) electrons. The predicted octanol–water partition coefficient (Wildman–Crippen LogP) is -0.796. The molecule has 0 heterocycles. The van der Waals surface area contributed by atoms with Crippen LogP contribution in [-0.2, 0) is 10.0 Å². The topological polar surface area (TPSA) is 126 Å². The van der Waals surface area contributed by atoms with Crippen LogP contribution in [0, 0.1) is 0 Å². The number of anilines is 1. The van der Waals surface area contributed by atoms with Crippen molar-refractivity contribution in [2.24, 2.45) is 0 Å². The zero-order chi connectivity index (χ0) is 10.1. The number of nitrogens with one attached hydrogen (secondary N) is 1. The first kappa shape index (κ1) is 16.2. The molecule has 0 amide bonds. The van der Waals surface area contributed by atoms with Crippen molar-refractivity contribution in [2.75, 3.05) is 11.0 Å². The first-order valence-electron chi connectivity index (χ1n) is 3.45. The van der Waals surface area contributed by atoms with Crippen LogP contribution in [0.2, 0.25) is 0 Å². The van der Waals surface area contributed by atoms with Crippen molar-refractivity contribution >= 4 is 29.0 Å². The molecule has 6 nitrogen and oxygen atoms in total. The normalized spacial score (nSPS) is 9.80. The average Bonchev–Trinajstić information content (AvgIpc) is 1.94. The van der Waals surface area contributed by atoms with Crippen LogP contribution in [-0.4, -0.2) is 38.6 Å². The summed E-state index contributed by atoms with van der Waals surface area (Å²) >= 11 is 0. The van der Waals surface area contributed by atoms with E-state index in [9.17, 15) is 8.42 Å². The predicted molar refractivity (Wildman–Crippen MR) is 55.8 cm³/mol. The molecule has 1 rings (SSSR count). The second-order valence-corrected chi connectivity index (χ2v) is 4.40. The fraction of sp³-hybridized carbons (Fsp3) is 0.143. The number of benzene rings is 1. The SMILES string of the molecule is [B+2]c1cc(NS(C)(=O)=O)ccc1O.[OH-].[OH-]. The number of phenols is 1. The van der Waals surface area contributed by atoms with Crippen LogP contribution in [0.4, 0.5) is 5.69 Å². The van der Waals surface area contributed by atoms with Crippen molar-refractivity contribution < 1.29 is 24.5 Å². The van der Waals surface area contributed by atoms with Gasteiger partial charge in [0.25, 0.3) is 0 Å². The molecule has 1 aromatic rings. The van der Waals surface area contributed by atoms with E-state index in [0.29, 0.717) is 5.69 Å². The van der Waals surface area contributed by atoms with Crippen molar-refractivity contribution in [1.29, 1.82) is 0 Å². The first-order valence-corrected chi connectivity index (χ1v) is 5.34. The molecule has 82 valence electrons. The fourth-order valence-corrected chi connectivity index (χ4v) is 1.39. The van der Waals surface area contributed by atoms with Crippen molar-refractivity contribution in [3.63, 3.8) is 0 Å². The Balaban J connectivity index is 0. The van der Waals surface area contributed by atoms with Crippen LogP contribution in [0.25, 0.3) is 0 Å². The van der Waals surface area contributed by atoms with Gasteiger partial charge in [-0.2, -0.15) is 0 Å². The van der Waals surface area contributed by atoms with Gasteiger partial charge in [-0.3, -0.25) is 0 Å². The van der Waals surface area contributed by atoms with Gasteiger partial charge in [-0.25, -0.2) is 0 Å². The molecule has 0 saturated heterocycles. The van der Waals surface area contributed by atoms with E-state index in [-0.39, 0.29) is 22.2 Å². The van der Waals surface area contributed by atoms with E-state index in [1.807, 2.05) is 0 Å².